The highest BCUT2D eigenvalue weighted by atomic mass is 32.2. The van der Waals surface area contributed by atoms with E-state index in [-0.39, 0.29) is 16.4 Å². The molecule has 0 aliphatic carbocycles. The van der Waals surface area contributed by atoms with Gasteiger partial charge in [-0.2, -0.15) is 0 Å². The van der Waals surface area contributed by atoms with Crippen LogP contribution in [0.1, 0.15) is 16.4 Å². The molecule has 8 heteroatoms. The zero-order valence-corrected chi connectivity index (χ0v) is 11.2. The second kappa shape index (κ2) is 4.81. The van der Waals surface area contributed by atoms with Crippen LogP contribution in [0.5, 0.6) is 0 Å². The predicted octanol–water partition coefficient (Wildman–Crippen LogP) is 0.769. The number of aromatic nitrogens is 3. The lowest BCUT2D eigenvalue weighted by Crippen LogP contribution is -2.16. The Kier molecular flexibility index (Phi) is 3.34. The average molecular weight is 280 g/mol. The molecule has 1 heterocycles. The number of rotatable bonds is 3. The number of aryl methyl sites for hydroxylation is 1. The molecule has 0 aliphatic heterocycles. The fourth-order valence-corrected chi connectivity index (χ4v) is 2.36. The Morgan fingerprint density at radius 1 is 1.32 bits per heavy atom. The topological polar surface area (TPSA) is 105 Å². The van der Waals surface area contributed by atoms with Crippen molar-refractivity contribution in [3.8, 4) is 0 Å². The molecule has 2 rings (SSSR count). The molecule has 0 bridgehead atoms. The molecule has 1 aromatic carbocycles. The molecular weight excluding hydrogens is 268 g/mol. The number of hydrogen-bond acceptors (Lipinski definition) is 5. The molecule has 0 unspecified atom stereocenters. The van der Waals surface area contributed by atoms with E-state index in [4.69, 9.17) is 0 Å². The highest BCUT2D eigenvalue weighted by Gasteiger charge is 2.17. The van der Waals surface area contributed by atoms with Crippen molar-refractivity contribution in [2.45, 2.75) is 11.8 Å². The smallest absolute Gasteiger partial charge is 0.295 e. The van der Waals surface area contributed by atoms with Gasteiger partial charge in [-0.15, -0.1) is 5.10 Å². The zero-order chi connectivity index (χ0) is 14.0. The van der Waals surface area contributed by atoms with E-state index in [2.05, 4.69) is 20.5 Å². The molecule has 1 amide bonds. The number of anilines is 1. The van der Waals surface area contributed by atoms with Gasteiger partial charge in [-0.25, -0.2) is 13.4 Å². The molecule has 0 aliphatic rings. The van der Waals surface area contributed by atoms with Gasteiger partial charge in [-0.05, 0) is 19.1 Å². The van der Waals surface area contributed by atoms with Crippen LogP contribution in [0.15, 0.2) is 29.2 Å². The summed E-state index contributed by atoms with van der Waals surface area (Å²) < 4.78 is 23.2. The average Bonchev–Trinajstić information content (AvgIpc) is 2.75. The summed E-state index contributed by atoms with van der Waals surface area (Å²) in [5.41, 5.74) is 0.206. The van der Waals surface area contributed by atoms with E-state index in [0.29, 0.717) is 5.82 Å². The number of carbonyl (C=O) groups is 1. The fourth-order valence-electron chi connectivity index (χ4n) is 1.52. The van der Waals surface area contributed by atoms with Crippen LogP contribution in [-0.2, 0) is 9.84 Å². The van der Waals surface area contributed by atoms with E-state index in [1.165, 1.54) is 12.1 Å². The summed E-state index contributed by atoms with van der Waals surface area (Å²) >= 11 is 0. The van der Waals surface area contributed by atoms with Crippen molar-refractivity contribution < 1.29 is 13.2 Å². The molecular formula is C11H12N4O3S. The Hall–Kier alpha value is -2.22. The largest absolute Gasteiger partial charge is 0.318 e. The van der Waals surface area contributed by atoms with Crippen LogP contribution >= 0.6 is 0 Å². The Morgan fingerprint density at radius 2 is 2.00 bits per heavy atom. The van der Waals surface area contributed by atoms with Crippen molar-refractivity contribution in [1.29, 1.82) is 0 Å². The van der Waals surface area contributed by atoms with E-state index >= 15 is 0 Å². The fraction of sp³-hybridized carbons (Fsp3) is 0.182. The summed E-state index contributed by atoms with van der Waals surface area (Å²) in [6, 6.07) is 6.15. The summed E-state index contributed by atoms with van der Waals surface area (Å²) in [6.45, 7) is 1.66. The Labute approximate surface area is 110 Å². The van der Waals surface area contributed by atoms with E-state index in [9.17, 15) is 13.2 Å². The maximum Gasteiger partial charge on any atom is 0.295 e. The predicted molar refractivity (Wildman–Crippen MR) is 68.6 cm³/mol. The molecule has 7 nitrogen and oxygen atoms in total. The first-order chi connectivity index (χ1) is 8.88. The molecule has 0 fully saturated rings. The van der Waals surface area contributed by atoms with Crippen molar-refractivity contribution >= 4 is 21.4 Å². The molecule has 1 aromatic heterocycles. The number of nitrogens with zero attached hydrogens (tertiary/aromatic N) is 2. The van der Waals surface area contributed by atoms with Crippen LogP contribution in [0.4, 0.5) is 5.69 Å². The second-order valence-corrected chi connectivity index (χ2v) is 5.95. The van der Waals surface area contributed by atoms with Crippen LogP contribution in [-0.4, -0.2) is 35.8 Å². The molecule has 2 aromatic rings. The van der Waals surface area contributed by atoms with Crippen LogP contribution in [0, 0.1) is 6.92 Å². The van der Waals surface area contributed by atoms with E-state index in [0.717, 1.165) is 6.26 Å². The quantitative estimate of drug-likeness (QED) is 0.864. The minimum Gasteiger partial charge on any atom is -0.318 e. The van der Waals surface area contributed by atoms with Crippen molar-refractivity contribution in [2.24, 2.45) is 0 Å². The monoisotopic (exact) mass is 280 g/mol. The Bertz CT molecular complexity index is 721. The summed E-state index contributed by atoms with van der Waals surface area (Å²) in [5.74, 6) is -0.109. The lowest BCUT2D eigenvalue weighted by atomic mass is 10.3. The summed E-state index contributed by atoms with van der Waals surface area (Å²) in [5, 5.41) is 8.73. The number of hydrogen-bond donors (Lipinski definition) is 2. The summed E-state index contributed by atoms with van der Waals surface area (Å²) in [7, 11) is -3.42. The van der Waals surface area contributed by atoms with Gasteiger partial charge in [0.15, 0.2) is 9.84 Å². The van der Waals surface area contributed by atoms with E-state index < -0.39 is 15.7 Å². The number of carbonyl (C=O) groups excluding carboxylic acids is 1. The van der Waals surface area contributed by atoms with Gasteiger partial charge in [0.1, 0.15) is 5.82 Å². The third kappa shape index (κ3) is 2.97. The summed E-state index contributed by atoms with van der Waals surface area (Å²) in [4.78, 5) is 15.8. The molecule has 0 saturated carbocycles. The van der Waals surface area contributed by atoms with E-state index in [1.807, 2.05) is 0 Å². The minimum absolute atomic E-state index is 0.0409. The first-order valence-corrected chi connectivity index (χ1v) is 7.26. The SMILES string of the molecule is Cc1nc(C(=O)Nc2ccccc2S(C)(=O)=O)n[nH]1. The van der Waals surface area contributed by atoms with Gasteiger partial charge in [-0.1, -0.05) is 12.1 Å². The molecule has 19 heavy (non-hydrogen) atoms. The molecule has 2 N–H and O–H groups in total. The van der Waals surface area contributed by atoms with Crippen LogP contribution in [0.2, 0.25) is 0 Å². The Balaban J connectivity index is 2.32. The summed E-state index contributed by atoms with van der Waals surface area (Å²) in [6.07, 6.45) is 1.08. The second-order valence-electron chi connectivity index (χ2n) is 3.97. The van der Waals surface area contributed by atoms with Crippen LogP contribution in [0.3, 0.4) is 0 Å². The normalized spacial score (nSPS) is 11.3. The van der Waals surface area contributed by atoms with Gasteiger partial charge < -0.3 is 5.32 Å². The number of para-hydroxylation sites is 1. The van der Waals surface area contributed by atoms with Crippen molar-refractivity contribution in [3.63, 3.8) is 0 Å². The van der Waals surface area contributed by atoms with Crippen molar-refractivity contribution in [1.82, 2.24) is 15.2 Å². The third-order valence-electron chi connectivity index (χ3n) is 2.34. The maximum atomic E-state index is 11.9. The lowest BCUT2D eigenvalue weighted by Gasteiger charge is -2.07. The molecule has 0 saturated heterocycles. The van der Waals surface area contributed by atoms with Gasteiger partial charge >= 0.3 is 0 Å². The number of aromatic amines is 1. The first kappa shape index (κ1) is 13.2. The minimum atomic E-state index is -3.42. The lowest BCUT2D eigenvalue weighted by molar-refractivity contribution is 0.101. The van der Waals surface area contributed by atoms with Gasteiger partial charge in [-0.3, -0.25) is 9.89 Å². The molecule has 0 spiro atoms. The number of sulfone groups is 1. The zero-order valence-electron chi connectivity index (χ0n) is 10.3. The highest BCUT2D eigenvalue weighted by molar-refractivity contribution is 7.90. The number of H-pyrrole nitrogens is 1. The van der Waals surface area contributed by atoms with Gasteiger partial charge in [0.2, 0.25) is 5.82 Å². The molecule has 100 valence electrons. The van der Waals surface area contributed by atoms with Crippen LogP contribution < -0.4 is 5.32 Å². The van der Waals surface area contributed by atoms with Crippen molar-refractivity contribution in [3.05, 3.63) is 35.9 Å². The standard InChI is InChI=1S/C11H12N4O3S/c1-7-12-10(15-14-7)11(16)13-8-5-3-4-6-9(8)19(2,17)18/h3-6H,1-2H3,(H,13,16)(H,12,14,15). The van der Waals surface area contributed by atoms with Gasteiger partial charge in [0.25, 0.3) is 5.91 Å². The van der Waals surface area contributed by atoms with Gasteiger partial charge in [0.05, 0.1) is 10.6 Å². The number of amides is 1. The van der Waals surface area contributed by atoms with Gasteiger partial charge in [0, 0.05) is 6.26 Å². The van der Waals surface area contributed by atoms with Crippen LogP contribution in [0.25, 0.3) is 0 Å². The highest BCUT2D eigenvalue weighted by Crippen LogP contribution is 2.20. The first-order valence-electron chi connectivity index (χ1n) is 5.37. The number of nitrogens with one attached hydrogen (secondary N) is 2. The molecule has 0 atom stereocenters. The third-order valence-corrected chi connectivity index (χ3v) is 3.49. The Morgan fingerprint density at radius 3 is 2.58 bits per heavy atom. The van der Waals surface area contributed by atoms with E-state index in [1.54, 1.807) is 19.1 Å². The maximum absolute atomic E-state index is 11.9. The van der Waals surface area contributed by atoms with Crippen molar-refractivity contribution in [2.75, 3.05) is 11.6 Å². The number of benzene rings is 1. The molecule has 0 radical (unpaired) electrons.